The first-order valence-electron chi connectivity index (χ1n) is 17.4. The number of rotatable bonds is 7. The van der Waals surface area contributed by atoms with Crippen LogP contribution in [0.4, 0.5) is 23.2 Å². The largest absolute Gasteiger partial charge is 0.436 e. The Morgan fingerprint density at radius 3 is 2.60 bits per heavy atom. The van der Waals surface area contributed by atoms with Crippen LogP contribution in [-0.4, -0.2) is 66.8 Å². The smallest absolute Gasteiger partial charge is 0.371 e. The molecule has 0 atom stereocenters. The Hall–Kier alpha value is -5.61. The van der Waals surface area contributed by atoms with E-state index >= 15 is 4.39 Å². The van der Waals surface area contributed by atoms with Crippen LogP contribution >= 0.6 is 0 Å². The van der Waals surface area contributed by atoms with Crippen molar-refractivity contribution in [2.75, 3.05) is 31.1 Å². The molecule has 0 bridgehead atoms. The van der Waals surface area contributed by atoms with Crippen molar-refractivity contribution in [3.05, 3.63) is 113 Å². The van der Waals surface area contributed by atoms with Crippen molar-refractivity contribution in [2.24, 2.45) is 0 Å². The summed E-state index contributed by atoms with van der Waals surface area (Å²) < 4.78 is 57.9. The Morgan fingerprint density at radius 2 is 1.79 bits per heavy atom. The summed E-state index contributed by atoms with van der Waals surface area (Å²) in [5.74, 6) is -1.32. The highest BCUT2D eigenvalue weighted by atomic mass is 19.4. The lowest BCUT2D eigenvalue weighted by atomic mass is 9.83. The number of halogens is 4. The van der Waals surface area contributed by atoms with Crippen LogP contribution in [0.15, 0.2) is 79.6 Å². The predicted molar refractivity (Wildman–Crippen MR) is 187 cm³/mol. The molecular weight excluding hydrogens is 670 g/mol. The number of pyridine rings is 1. The second-order valence-electron chi connectivity index (χ2n) is 14.1. The van der Waals surface area contributed by atoms with Crippen molar-refractivity contribution < 1.29 is 17.6 Å². The van der Waals surface area contributed by atoms with Gasteiger partial charge >= 0.3 is 6.18 Å². The molecule has 2 aromatic carbocycles. The zero-order chi connectivity index (χ0) is 35.6. The van der Waals surface area contributed by atoms with E-state index in [-0.39, 0.29) is 12.0 Å². The number of anilines is 1. The van der Waals surface area contributed by atoms with Crippen LogP contribution in [0.5, 0.6) is 0 Å². The van der Waals surface area contributed by atoms with E-state index in [9.17, 15) is 18.4 Å². The van der Waals surface area contributed by atoms with Crippen LogP contribution in [0.1, 0.15) is 47.2 Å². The van der Waals surface area contributed by atoms with E-state index in [1.165, 1.54) is 18.0 Å². The Bertz CT molecular complexity index is 2360. The zero-order valence-electron chi connectivity index (χ0n) is 28.0. The van der Waals surface area contributed by atoms with Gasteiger partial charge in [0.05, 0.1) is 24.4 Å². The highest BCUT2D eigenvalue weighted by Gasteiger charge is 2.48. The van der Waals surface area contributed by atoms with Crippen molar-refractivity contribution in [1.82, 2.24) is 34.6 Å². The maximum atomic E-state index is 15.2. The van der Waals surface area contributed by atoms with Gasteiger partial charge in [-0.1, -0.05) is 36.4 Å². The molecule has 6 aromatic rings. The summed E-state index contributed by atoms with van der Waals surface area (Å²) in [7, 11) is 0. The third kappa shape index (κ3) is 5.32. The minimum Gasteiger partial charge on any atom is -0.371 e. The van der Waals surface area contributed by atoms with Crippen LogP contribution in [-0.2, 0) is 24.6 Å². The number of piperidine rings is 1. The molecule has 2 saturated heterocycles. The number of fused-ring (bicyclic) bond motifs is 4. The van der Waals surface area contributed by atoms with E-state index in [4.69, 9.17) is 5.10 Å². The van der Waals surface area contributed by atoms with E-state index in [2.05, 4.69) is 47.9 Å². The van der Waals surface area contributed by atoms with Gasteiger partial charge in [-0.15, -0.1) is 0 Å². The topological polar surface area (TPSA) is 103 Å². The summed E-state index contributed by atoms with van der Waals surface area (Å²) in [6.07, 6.45) is 6.10. The molecule has 9 nitrogen and oxygen atoms in total. The number of alkyl halides is 3. The Kier molecular flexibility index (Phi) is 7.62. The molecule has 2 fully saturated rings. The fraction of sp³-hybridized carbons (Fsp3) is 0.308. The number of aromatic amines is 1. The molecule has 0 radical (unpaired) electrons. The lowest BCUT2D eigenvalue weighted by Gasteiger charge is -2.54. The van der Waals surface area contributed by atoms with Crippen LogP contribution in [0.3, 0.4) is 0 Å². The van der Waals surface area contributed by atoms with Gasteiger partial charge in [0.15, 0.2) is 11.5 Å². The van der Waals surface area contributed by atoms with E-state index < -0.39 is 23.2 Å². The minimum absolute atomic E-state index is 0.0234. The summed E-state index contributed by atoms with van der Waals surface area (Å²) >= 11 is 0. The van der Waals surface area contributed by atoms with Gasteiger partial charge in [-0.05, 0) is 58.4 Å². The fourth-order valence-corrected chi connectivity index (χ4v) is 8.52. The first-order chi connectivity index (χ1) is 25.2. The third-order valence-electron chi connectivity index (χ3n) is 11.1. The molecule has 0 spiro atoms. The molecule has 262 valence electrons. The number of nitriles is 1. The summed E-state index contributed by atoms with van der Waals surface area (Å²) in [6.45, 7) is 2.87. The second kappa shape index (κ2) is 12.3. The number of nitrogens with one attached hydrogen (secondary N) is 1. The Balaban J connectivity index is 0.955. The third-order valence-corrected chi connectivity index (χ3v) is 11.1. The second-order valence-corrected chi connectivity index (χ2v) is 14.1. The van der Waals surface area contributed by atoms with Crippen molar-refractivity contribution in [3.63, 3.8) is 0 Å². The van der Waals surface area contributed by atoms with Gasteiger partial charge in [-0.25, -0.2) is 19.3 Å². The molecular formula is C39H33F4N9. The Labute approximate surface area is 296 Å². The molecule has 1 aliphatic carbocycles. The molecule has 3 aliphatic rings. The molecule has 0 unspecified atom stereocenters. The average Bonchev–Trinajstić information content (AvgIpc) is 3.89. The highest BCUT2D eigenvalue weighted by molar-refractivity contribution is 5.90. The SMILES string of the molecule is N#CCC1(n2cc(-c3ncnc4[nH]ccc34)cn2)CN(C2CCN(c3c(Cc4ccnc(C(F)(F)F)c4F)ccc4c3Cc3ccccc3-4)CC2)C1. The molecule has 9 rings (SSSR count). The molecule has 6 heterocycles. The normalized spacial score (nSPS) is 17.2. The minimum atomic E-state index is -4.88. The standard InChI is InChI=1S/C39H33F4N9/c40-33-25(7-13-45-36(33)39(41,42)43)17-26-5-6-30-29-4-2-1-3-24(29)18-32(30)35(26)50-15-9-28(10-16-50)51-21-38(22-51,11-12-44)52-20-27(19-49-52)34-31-8-14-46-37(31)48-23-47-34/h1-8,13-14,19-20,23,28H,9-11,15-18,21-22H2,(H,46,47,48). The van der Waals surface area contributed by atoms with E-state index in [1.54, 1.807) is 6.20 Å². The lowest BCUT2D eigenvalue weighted by molar-refractivity contribution is -0.143. The molecule has 52 heavy (non-hydrogen) atoms. The number of aromatic nitrogens is 6. The maximum Gasteiger partial charge on any atom is 0.436 e. The number of H-pyrrole nitrogens is 1. The highest BCUT2D eigenvalue weighted by Crippen LogP contribution is 2.45. The number of likely N-dealkylation sites (tertiary alicyclic amines) is 1. The van der Waals surface area contributed by atoms with Crippen LogP contribution in [0.25, 0.3) is 33.4 Å². The van der Waals surface area contributed by atoms with E-state index in [0.717, 1.165) is 82.4 Å². The van der Waals surface area contributed by atoms with Gasteiger partial charge in [0.25, 0.3) is 0 Å². The van der Waals surface area contributed by atoms with Gasteiger partial charge in [0, 0.05) is 80.3 Å². The van der Waals surface area contributed by atoms with E-state index in [1.807, 2.05) is 47.4 Å². The summed E-state index contributed by atoms with van der Waals surface area (Å²) in [4.78, 5) is 20.0. The molecule has 1 N–H and O–H groups in total. The van der Waals surface area contributed by atoms with Crippen LogP contribution in [0, 0.1) is 17.1 Å². The van der Waals surface area contributed by atoms with Gasteiger partial charge in [0.2, 0.25) is 0 Å². The summed E-state index contributed by atoms with van der Waals surface area (Å²) in [5, 5.41) is 15.5. The van der Waals surface area contributed by atoms with Crippen molar-refractivity contribution in [2.45, 2.75) is 49.9 Å². The molecule has 4 aromatic heterocycles. The average molecular weight is 704 g/mol. The summed E-state index contributed by atoms with van der Waals surface area (Å²) in [6, 6.07) is 18.2. The Morgan fingerprint density at radius 1 is 0.962 bits per heavy atom. The maximum absolute atomic E-state index is 15.2. The number of benzene rings is 2. The van der Waals surface area contributed by atoms with E-state index in [0.29, 0.717) is 32.0 Å². The number of hydrogen-bond donors (Lipinski definition) is 1. The quantitative estimate of drug-likeness (QED) is 0.176. The zero-order valence-corrected chi connectivity index (χ0v) is 28.0. The van der Waals surface area contributed by atoms with Gasteiger partial charge < -0.3 is 9.88 Å². The van der Waals surface area contributed by atoms with Gasteiger partial charge in [-0.3, -0.25) is 9.58 Å². The predicted octanol–water partition coefficient (Wildman–Crippen LogP) is 7.13. The molecule has 0 amide bonds. The number of hydrogen-bond acceptors (Lipinski definition) is 7. The number of nitrogens with zero attached hydrogens (tertiary/aromatic N) is 8. The monoisotopic (exact) mass is 703 g/mol. The fourth-order valence-electron chi connectivity index (χ4n) is 8.52. The first kappa shape index (κ1) is 32.3. The van der Waals surface area contributed by atoms with Crippen molar-refractivity contribution in [3.8, 4) is 28.5 Å². The van der Waals surface area contributed by atoms with Crippen molar-refractivity contribution >= 4 is 16.7 Å². The molecule has 0 saturated carbocycles. The first-order valence-corrected chi connectivity index (χ1v) is 17.4. The van der Waals surface area contributed by atoms with Gasteiger partial charge in [0.1, 0.15) is 17.5 Å². The summed E-state index contributed by atoms with van der Waals surface area (Å²) in [5.41, 5.74) is 6.85. The van der Waals surface area contributed by atoms with Crippen molar-refractivity contribution in [1.29, 1.82) is 5.26 Å². The van der Waals surface area contributed by atoms with Crippen LogP contribution in [0.2, 0.25) is 0 Å². The lowest BCUT2D eigenvalue weighted by Crippen LogP contribution is -2.66. The molecule has 13 heteroatoms. The van der Waals surface area contributed by atoms with Crippen LogP contribution < -0.4 is 4.90 Å². The van der Waals surface area contributed by atoms with Gasteiger partial charge in [-0.2, -0.15) is 23.5 Å². The molecule has 2 aliphatic heterocycles.